The summed E-state index contributed by atoms with van der Waals surface area (Å²) in [7, 11) is 0. The molecule has 1 heterocycles. The number of hydrogen-bond acceptors (Lipinski definition) is 5. The van der Waals surface area contributed by atoms with Crippen molar-refractivity contribution in [1.29, 1.82) is 0 Å². The number of amides is 2. The Hall–Kier alpha value is -3.39. The fourth-order valence-electron chi connectivity index (χ4n) is 4.55. The number of rotatable bonds is 8. The van der Waals surface area contributed by atoms with Gasteiger partial charge in [0.2, 0.25) is 5.91 Å². The number of alkyl carbamates (subject to hydrolysis) is 1. The molecule has 1 aliphatic heterocycles. The molecule has 2 amide bonds. The van der Waals surface area contributed by atoms with Crippen molar-refractivity contribution in [3.05, 3.63) is 59.7 Å². The van der Waals surface area contributed by atoms with Crippen molar-refractivity contribution in [2.24, 2.45) is 5.92 Å². The van der Waals surface area contributed by atoms with Gasteiger partial charge in [0.05, 0.1) is 25.0 Å². The molecule has 0 aromatic heterocycles. The highest BCUT2D eigenvalue weighted by atomic mass is 16.5. The zero-order chi connectivity index (χ0) is 23.4. The number of carbonyl (C=O) groups is 3. The van der Waals surface area contributed by atoms with Gasteiger partial charge in [-0.15, -0.1) is 0 Å². The zero-order valence-corrected chi connectivity index (χ0v) is 18.5. The molecule has 0 spiro atoms. The number of hydrogen-bond donors (Lipinski definition) is 3. The topological polar surface area (TPSA) is 114 Å². The number of benzene rings is 2. The minimum atomic E-state index is -0.962. The van der Waals surface area contributed by atoms with Crippen LogP contribution in [0.3, 0.4) is 0 Å². The quantitative estimate of drug-likeness (QED) is 0.568. The Morgan fingerprint density at radius 2 is 1.73 bits per heavy atom. The van der Waals surface area contributed by atoms with Crippen molar-refractivity contribution < 1.29 is 29.0 Å². The van der Waals surface area contributed by atoms with Crippen LogP contribution in [0.1, 0.15) is 36.8 Å². The predicted octanol–water partition coefficient (Wildman–Crippen LogP) is 2.91. The maximum absolute atomic E-state index is 12.3. The number of carboxylic acids is 1. The minimum Gasteiger partial charge on any atom is -0.481 e. The molecular weight excluding hydrogens is 424 g/mol. The van der Waals surface area contributed by atoms with Gasteiger partial charge in [0.25, 0.3) is 0 Å². The largest absolute Gasteiger partial charge is 0.481 e. The van der Waals surface area contributed by atoms with Gasteiger partial charge in [0.1, 0.15) is 6.61 Å². The summed E-state index contributed by atoms with van der Waals surface area (Å²) in [6.07, 6.45) is -0.499. The summed E-state index contributed by atoms with van der Waals surface area (Å²) in [5, 5.41) is 14.2. The SMILES string of the molecule is C[C@@H](CC(=O)O)NC(=O)[C@@H]1CO[C@H](CNC(=O)OCC2c3ccccc3-c3ccccc32)C1. The highest BCUT2D eigenvalue weighted by Gasteiger charge is 2.32. The van der Waals surface area contributed by atoms with Crippen molar-refractivity contribution in [3.63, 3.8) is 0 Å². The molecule has 8 heteroatoms. The first-order valence-corrected chi connectivity index (χ1v) is 11.1. The molecule has 174 valence electrons. The third kappa shape index (κ3) is 5.34. The minimum absolute atomic E-state index is 0.00764. The second kappa shape index (κ2) is 10.0. The summed E-state index contributed by atoms with van der Waals surface area (Å²) >= 11 is 0. The molecule has 0 unspecified atom stereocenters. The molecule has 0 saturated carbocycles. The highest BCUT2D eigenvalue weighted by molar-refractivity contribution is 5.80. The van der Waals surface area contributed by atoms with Crippen LogP contribution in [0.2, 0.25) is 0 Å². The standard InChI is InChI=1S/C25H28N2O6/c1-15(10-23(28)29)27-24(30)16-11-17(32-13-16)12-26-25(31)33-14-22-20-8-4-2-6-18(20)19-7-3-5-9-21(19)22/h2-9,15-17,22H,10-14H2,1H3,(H,26,31)(H,27,30)(H,28,29)/t15-,16-,17-/m0/s1. The lowest BCUT2D eigenvalue weighted by molar-refractivity contribution is -0.137. The molecule has 1 aliphatic carbocycles. The zero-order valence-electron chi connectivity index (χ0n) is 18.5. The number of ether oxygens (including phenoxy) is 2. The van der Waals surface area contributed by atoms with Crippen LogP contribution in [0.4, 0.5) is 4.79 Å². The van der Waals surface area contributed by atoms with E-state index in [-0.39, 0.29) is 50.0 Å². The van der Waals surface area contributed by atoms with E-state index in [4.69, 9.17) is 14.6 Å². The second-order valence-electron chi connectivity index (χ2n) is 8.60. The van der Waals surface area contributed by atoms with Crippen molar-refractivity contribution in [2.45, 2.75) is 37.8 Å². The van der Waals surface area contributed by atoms with Crippen LogP contribution in [-0.4, -0.2) is 55.0 Å². The van der Waals surface area contributed by atoms with Gasteiger partial charge in [0, 0.05) is 18.5 Å². The van der Waals surface area contributed by atoms with E-state index in [1.165, 1.54) is 11.1 Å². The maximum atomic E-state index is 12.3. The Morgan fingerprint density at radius 3 is 2.36 bits per heavy atom. The first-order chi connectivity index (χ1) is 15.9. The van der Waals surface area contributed by atoms with Crippen LogP contribution in [0.15, 0.2) is 48.5 Å². The van der Waals surface area contributed by atoms with E-state index in [9.17, 15) is 14.4 Å². The van der Waals surface area contributed by atoms with Crippen LogP contribution in [0, 0.1) is 5.92 Å². The van der Waals surface area contributed by atoms with Gasteiger partial charge in [0.15, 0.2) is 0 Å². The summed E-state index contributed by atoms with van der Waals surface area (Å²) in [4.78, 5) is 35.3. The lowest BCUT2D eigenvalue weighted by Crippen LogP contribution is -2.39. The monoisotopic (exact) mass is 452 g/mol. The van der Waals surface area contributed by atoms with Gasteiger partial charge < -0.3 is 25.2 Å². The lowest BCUT2D eigenvalue weighted by atomic mass is 9.98. The maximum Gasteiger partial charge on any atom is 0.407 e. The fourth-order valence-corrected chi connectivity index (χ4v) is 4.55. The van der Waals surface area contributed by atoms with Crippen LogP contribution in [-0.2, 0) is 19.1 Å². The summed E-state index contributed by atoms with van der Waals surface area (Å²) in [6.45, 7) is 2.36. The molecule has 2 aliphatic rings. The molecule has 33 heavy (non-hydrogen) atoms. The van der Waals surface area contributed by atoms with Crippen molar-refractivity contribution in [2.75, 3.05) is 19.8 Å². The van der Waals surface area contributed by atoms with Gasteiger partial charge in [-0.2, -0.15) is 0 Å². The number of fused-ring (bicyclic) bond motifs is 3. The van der Waals surface area contributed by atoms with E-state index < -0.39 is 18.1 Å². The van der Waals surface area contributed by atoms with Gasteiger partial charge in [-0.1, -0.05) is 48.5 Å². The summed E-state index contributed by atoms with van der Waals surface area (Å²) in [5.41, 5.74) is 4.64. The summed E-state index contributed by atoms with van der Waals surface area (Å²) in [5.74, 6) is -1.56. The van der Waals surface area contributed by atoms with Gasteiger partial charge in [-0.05, 0) is 35.6 Å². The molecule has 1 fully saturated rings. The summed E-state index contributed by atoms with van der Waals surface area (Å²) in [6, 6.07) is 15.8. The van der Waals surface area contributed by atoms with E-state index >= 15 is 0 Å². The number of nitrogens with one attached hydrogen (secondary N) is 2. The Labute approximate surface area is 192 Å². The van der Waals surface area contributed by atoms with Crippen LogP contribution < -0.4 is 10.6 Å². The molecule has 8 nitrogen and oxygen atoms in total. The second-order valence-corrected chi connectivity index (χ2v) is 8.60. The van der Waals surface area contributed by atoms with Crippen molar-refractivity contribution >= 4 is 18.0 Å². The lowest BCUT2D eigenvalue weighted by Gasteiger charge is -2.16. The molecule has 3 atom stereocenters. The molecular formula is C25H28N2O6. The van der Waals surface area contributed by atoms with Gasteiger partial charge in [-0.25, -0.2) is 4.79 Å². The predicted molar refractivity (Wildman–Crippen MR) is 121 cm³/mol. The third-order valence-corrected chi connectivity index (χ3v) is 6.14. The Morgan fingerprint density at radius 1 is 1.09 bits per heavy atom. The molecule has 0 bridgehead atoms. The number of carboxylic acid groups (broad SMARTS) is 1. The first kappa shape index (κ1) is 22.8. The first-order valence-electron chi connectivity index (χ1n) is 11.1. The van der Waals surface area contributed by atoms with Crippen LogP contribution in [0.25, 0.3) is 11.1 Å². The van der Waals surface area contributed by atoms with Crippen LogP contribution in [0.5, 0.6) is 0 Å². The molecule has 0 radical (unpaired) electrons. The normalized spacial score (nSPS) is 19.9. The van der Waals surface area contributed by atoms with Gasteiger partial charge in [-0.3, -0.25) is 9.59 Å². The highest BCUT2D eigenvalue weighted by Crippen LogP contribution is 2.44. The molecule has 2 aromatic rings. The molecule has 4 rings (SSSR count). The average Bonchev–Trinajstić information content (AvgIpc) is 3.39. The van der Waals surface area contributed by atoms with E-state index in [2.05, 4.69) is 34.9 Å². The van der Waals surface area contributed by atoms with Crippen molar-refractivity contribution in [3.8, 4) is 11.1 Å². The molecule has 1 saturated heterocycles. The smallest absolute Gasteiger partial charge is 0.407 e. The number of carbonyl (C=O) groups excluding carboxylic acids is 2. The summed E-state index contributed by atoms with van der Waals surface area (Å²) < 4.78 is 11.1. The Balaban J connectivity index is 1.23. The van der Waals surface area contributed by atoms with Crippen LogP contribution >= 0.6 is 0 Å². The molecule has 3 N–H and O–H groups in total. The van der Waals surface area contributed by atoms with Gasteiger partial charge >= 0.3 is 12.1 Å². The Kier molecular flexibility index (Phi) is 6.93. The van der Waals surface area contributed by atoms with E-state index in [1.54, 1.807) is 6.92 Å². The average molecular weight is 453 g/mol. The number of aliphatic carboxylic acids is 1. The third-order valence-electron chi connectivity index (χ3n) is 6.14. The Bertz CT molecular complexity index is 994. The molecule has 2 aromatic carbocycles. The van der Waals surface area contributed by atoms with E-state index in [0.717, 1.165) is 11.1 Å². The van der Waals surface area contributed by atoms with E-state index in [1.807, 2.05) is 24.3 Å². The fraction of sp³-hybridized carbons (Fsp3) is 0.400. The van der Waals surface area contributed by atoms with E-state index in [0.29, 0.717) is 6.42 Å². The van der Waals surface area contributed by atoms with Crippen molar-refractivity contribution in [1.82, 2.24) is 10.6 Å².